The Morgan fingerprint density at radius 2 is 1.97 bits per heavy atom. The van der Waals surface area contributed by atoms with Crippen LogP contribution in [0.25, 0.3) is 0 Å². The summed E-state index contributed by atoms with van der Waals surface area (Å²) < 4.78 is 0. The molecule has 0 aliphatic heterocycles. The zero-order valence-electron chi connectivity index (χ0n) is 17.0. The molecule has 0 saturated heterocycles. The molecule has 2 aromatic rings. The van der Waals surface area contributed by atoms with Crippen LogP contribution in [0.4, 0.5) is 16.4 Å². The molecule has 1 aromatic heterocycles. The van der Waals surface area contributed by atoms with Gasteiger partial charge in [-0.3, -0.25) is 19.7 Å². The number of nitrogens with one attached hydrogen (secondary N) is 2. The molecule has 0 spiro atoms. The molecular weight excluding hydrogens is 390 g/mol. The third-order valence-corrected chi connectivity index (χ3v) is 6.13. The monoisotopic (exact) mass is 415 g/mol. The third-order valence-electron chi connectivity index (χ3n) is 4.96. The Labute approximate surface area is 173 Å². The van der Waals surface area contributed by atoms with Crippen LogP contribution >= 0.6 is 11.3 Å². The molecule has 0 bridgehead atoms. The molecule has 1 unspecified atom stereocenters. The number of thiophene rings is 1. The van der Waals surface area contributed by atoms with Gasteiger partial charge >= 0.3 is 0 Å². The summed E-state index contributed by atoms with van der Waals surface area (Å²) in [6.45, 7) is 7.64. The number of anilines is 2. The standard InChI is InChI=1S/C21H25N3O4S/c1-12-8-9-15-16(10-12)29-19(23-20(26)21(2,3)4)17(15)18(25)22-13-6-5-7-14(11-13)24(27)28/h5-7,11-12H,8-10H2,1-4H3,(H,22,25)(H,23,26). The van der Waals surface area contributed by atoms with Crippen molar-refractivity contribution >= 4 is 39.5 Å². The molecule has 154 valence electrons. The van der Waals surface area contributed by atoms with Gasteiger partial charge in [-0.25, -0.2) is 0 Å². The predicted molar refractivity (Wildman–Crippen MR) is 115 cm³/mol. The Bertz CT molecular complexity index is 975. The molecule has 1 heterocycles. The summed E-state index contributed by atoms with van der Waals surface area (Å²) in [5.41, 5.74) is 1.11. The smallest absolute Gasteiger partial charge is 0.271 e. The number of rotatable bonds is 4. The number of amides is 2. The molecule has 0 fully saturated rings. The number of hydrogen-bond acceptors (Lipinski definition) is 5. The molecule has 1 aliphatic carbocycles. The molecule has 1 aliphatic rings. The van der Waals surface area contributed by atoms with E-state index in [2.05, 4.69) is 17.6 Å². The van der Waals surface area contributed by atoms with Crippen molar-refractivity contribution < 1.29 is 14.5 Å². The zero-order chi connectivity index (χ0) is 21.3. The average molecular weight is 416 g/mol. The Hall–Kier alpha value is -2.74. The highest BCUT2D eigenvalue weighted by atomic mass is 32.1. The minimum absolute atomic E-state index is 0.0924. The van der Waals surface area contributed by atoms with Crippen LogP contribution < -0.4 is 10.6 Å². The van der Waals surface area contributed by atoms with Crippen LogP contribution in [0.3, 0.4) is 0 Å². The van der Waals surface area contributed by atoms with Gasteiger partial charge in [-0.15, -0.1) is 11.3 Å². The molecule has 0 saturated carbocycles. The molecule has 0 radical (unpaired) electrons. The van der Waals surface area contributed by atoms with Crippen LogP contribution in [-0.4, -0.2) is 16.7 Å². The van der Waals surface area contributed by atoms with Crippen molar-refractivity contribution in [3.05, 3.63) is 50.4 Å². The first-order chi connectivity index (χ1) is 13.6. The van der Waals surface area contributed by atoms with Crippen molar-refractivity contribution in [3.8, 4) is 0 Å². The number of non-ortho nitro benzene ring substituents is 1. The van der Waals surface area contributed by atoms with Crippen LogP contribution in [0.2, 0.25) is 0 Å². The highest BCUT2D eigenvalue weighted by Gasteiger charge is 2.30. The van der Waals surface area contributed by atoms with Crippen molar-refractivity contribution in [1.82, 2.24) is 0 Å². The van der Waals surface area contributed by atoms with E-state index in [0.29, 0.717) is 22.2 Å². The number of hydrogen-bond donors (Lipinski definition) is 2. The van der Waals surface area contributed by atoms with E-state index in [0.717, 1.165) is 29.7 Å². The van der Waals surface area contributed by atoms with Gasteiger partial charge in [0.05, 0.1) is 10.5 Å². The van der Waals surface area contributed by atoms with Gasteiger partial charge in [0.2, 0.25) is 5.91 Å². The normalized spacial score (nSPS) is 16.1. The van der Waals surface area contributed by atoms with Crippen molar-refractivity contribution in [2.45, 2.75) is 47.0 Å². The van der Waals surface area contributed by atoms with E-state index in [-0.39, 0.29) is 17.5 Å². The number of nitrogens with zero attached hydrogens (tertiary/aromatic N) is 1. The second-order valence-electron chi connectivity index (χ2n) is 8.52. The number of nitro groups is 1. The fourth-order valence-electron chi connectivity index (χ4n) is 3.26. The van der Waals surface area contributed by atoms with Gasteiger partial charge in [-0.1, -0.05) is 33.8 Å². The SMILES string of the molecule is CC1CCc2c(sc(NC(=O)C(C)(C)C)c2C(=O)Nc2cccc([N+](=O)[O-])c2)C1. The number of benzene rings is 1. The van der Waals surface area contributed by atoms with Crippen LogP contribution in [0.5, 0.6) is 0 Å². The molecular formula is C21H25N3O4S. The van der Waals surface area contributed by atoms with Crippen molar-refractivity contribution in [1.29, 1.82) is 0 Å². The topological polar surface area (TPSA) is 101 Å². The minimum Gasteiger partial charge on any atom is -0.322 e. The van der Waals surface area contributed by atoms with E-state index < -0.39 is 10.3 Å². The second kappa shape index (κ2) is 7.94. The van der Waals surface area contributed by atoms with Crippen molar-refractivity contribution in [2.24, 2.45) is 11.3 Å². The first-order valence-corrected chi connectivity index (χ1v) is 10.4. The molecule has 29 heavy (non-hydrogen) atoms. The second-order valence-corrected chi connectivity index (χ2v) is 9.63. The van der Waals surface area contributed by atoms with E-state index in [1.54, 1.807) is 6.07 Å². The highest BCUT2D eigenvalue weighted by Crippen LogP contribution is 2.40. The lowest BCUT2D eigenvalue weighted by Crippen LogP contribution is -2.28. The van der Waals surface area contributed by atoms with Crippen molar-refractivity contribution in [2.75, 3.05) is 10.6 Å². The van der Waals surface area contributed by atoms with Gasteiger partial charge < -0.3 is 10.6 Å². The summed E-state index contributed by atoms with van der Waals surface area (Å²) in [5.74, 6) is 0.00954. The Morgan fingerprint density at radius 3 is 2.62 bits per heavy atom. The lowest BCUT2D eigenvalue weighted by atomic mass is 9.88. The largest absolute Gasteiger partial charge is 0.322 e. The minimum atomic E-state index is -0.592. The van der Waals surface area contributed by atoms with Gasteiger partial charge in [0.25, 0.3) is 11.6 Å². The van der Waals surface area contributed by atoms with E-state index in [1.807, 2.05) is 20.8 Å². The van der Waals surface area contributed by atoms with Crippen LogP contribution in [0, 0.1) is 21.4 Å². The summed E-state index contributed by atoms with van der Waals surface area (Å²) in [7, 11) is 0. The summed E-state index contributed by atoms with van der Waals surface area (Å²) in [4.78, 5) is 37.3. The van der Waals surface area contributed by atoms with Gasteiger partial charge in [-0.05, 0) is 36.8 Å². The summed E-state index contributed by atoms with van der Waals surface area (Å²) in [5, 5.41) is 17.2. The van der Waals surface area contributed by atoms with E-state index in [9.17, 15) is 19.7 Å². The molecule has 8 heteroatoms. The average Bonchev–Trinajstić information content (AvgIpc) is 2.97. The maximum absolute atomic E-state index is 13.1. The molecule has 1 aromatic carbocycles. The molecule has 2 N–H and O–H groups in total. The number of carbonyl (C=O) groups is 2. The number of carbonyl (C=O) groups excluding carboxylic acids is 2. The Morgan fingerprint density at radius 1 is 1.24 bits per heavy atom. The van der Waals surface area contributed by atoms with Crippen LogP contribution in [-0.2, 0) is 17.6 Å². The van der Waals surface area contributed by atoms with E-state index >= 15 is 0 Å². The van der Waals surface area contributed by atoms with Gasteiger partial charge in [0.1, 0.15) is 5.00 Å². The quantitative estimate of drug-likeness (QED) is 0.541. The first kappa shape index (κ1) is 21.0. The maximum atomic E-state index is 13.1. The lowest BCUT2D eigenvalue weighted by Gasteiger charge is -2.19. The summed E-state index contributed by atoms with van der Waals surface area (Å²) in [6, 6.07) is 5.84. The fraction of sp³-hybridized carbons (Fsp3) is 0.429. The molecule has 2 amide bonds. The first-order valence-electron chi connectivity index (χ1n) is 9.58. The zero-order valence-corrected chi connectivity index (χ0v) is 17.8. The molecule has 1 atom stereocenters. The number of fused-ring (bicyclic) bond motifs is 1. The van der Waals surface area contributed by atoms with Gasteiger partial charge in [-0.2, -0.15) is 0 Å². The maximum Gasteiger partial charge on any atom is 0.271 e. The Balaban J connectivity index is 1.96. The van der Waals surface area contributed by atoms with E-state index in [1.165, 1.54) is 29.5 Å². The van der Waals surface area contributed by atoms with Gasteiger partial charge in [0.15, 0.2) is 0 Å². The summed E-state index contributed by atoms with van der Waals surface area (Å²) >= 11 is 1.46. The summed E-state index contributed by atoms with van der Waals surface area (Å²) in [6.07, 6.45) is 2.63. The molecule has 3 rings (SSSR count). The fourth-order valence-corrected chi connectivity index (χ4v) is 4.66. The van der Waals surface area contributed by atoms with Crippen LogP contribution in [0.1, 0.15) is 54.9 Å². The van der Waals surface area contributed by atoms with Gasteiger partial charge in [0, 0.05) is 28.1 Å². The van der Waals surface area contributed by atoms with Crippen molar-refractivity contribution in [3.63, 3.8) is 0 Å². The third kappa shape index (κ3) is 4.64. The molecule has 7 nitrogen and oxygen atoms in total. The van der Waals surface area contributed by atoms with E-state index in [4.69, 9.17) is 0 Å². The Kier molecular flexibility index (Phi) is 5.75. The predicted octanol–water partition coefficient (Wildman–Crippen LogP) is 5.02. The lowest BCUT2D eigenvalue weighted by molar-refractivity contribution is -0.384. The van der Waals surface area contributed by atoms with Crippen LogP contribution in [0.15, 0.2) is 24.3 Å². The highest BCUT2D eigenvalue weighted by molar-refractivity contribution is 7.17. The number of nitro benzene ring substituents is 1.